The van der Waals surface area contributed by atoms with Gasteiger partial charge in [-0.25, -0.2) is 0 Å². The van der Waals surface area contributed by atoms with Crippen LogP contribution in [0.2, 0.25) is 10.0 Å². The van der Waals surface area contributed by atoms with E-state index in [4.69, 9.17) is 23.2 Å². The molecule has 21 heavy (non-hydrogen) atoms. The van der Waals surface area contributed by atoms with Gasteiger partial charge in [0.2, 0.25) is 0 Å². The lowest BCUT2D eigenvalue weighted by Gasteiger charge is -2.24. The number of nitrogens with one attached hydrogen (secondary N) is 1. The van der Waals surface area contributed by atoms with Gasteiger partial charge in [0.25, 0.3) is 0 Å². The van der Waals surface area contributed by atoms with Crippen LogP contribution >= 0.6 is 34.5 Å². The molecule has 0 spiro atoms. The topological polar surface area (TPSA) is 12.0 Å². The zero-order valence-corrected chi connectivity index (χ0v) is 14.1. The average Bonchev–Trinajstić information content (AvgIpc) is 3.16. The van der Waals surface area contributed by atoms with E-state index in [2.05, 4.69) is 22.8 Å². The monoisotopic (exact) mass is 339 g/mol. The molecule has 0 saturated heterocycles. The highest BCUT2D eigenvalue weighted by Gasteiger charge is 2.26. The van der Waals surface area contributed by atoms with E-state index in [1.165, 1.54) is 36.1 Å². The van der Waals surface area contributed by atoms with Crippen LogP contribution in [0.4, 0.5) is 0 Å². The Balaban J connectivity index is 1.71. The van der Waals surface area contributed by atoms with E-state index < -0.39 is 0 Å². The molecular formula is C17H19Cl2NS. The fourth-order valence-electron chi connectivity index (χ4n) is 3.14. The molecule has 1 heterocycles. The quantitative estimate of drug-likeness (QED) is 0.696. The van der Waals surface area contributed by atoms with Crippen molar-refractivity contribution in [1.82, 2.24) is 5.32 Å². The van der Waals surface area contributed by atoms with Crippen molar-refractivity contribution in [3.05, 3.63) is 56.2 Å². The first-order valence-corrected chi connectivity index (χ1v) is 9.08. The van der Waals surface area contributed by atoms with Crippen LogP contribution in [0.1, 0.15) is 42.2 Å². The van der Waals surface area contributed by atoms with Crippen LogP contribution in [0, 0.1) is 5.92 Å². The highest BCUT2D eigenvalue weighted by molar-refractivity contribution is 7.10. The Morgan fingerprint density at radius 3 is 2.62 bits per heavy atom. The lowest BCUT2D eigenvalue weighted by atomic mass is 9.96. The van der Waals surface area contributed by atoms with Crippen LogP contribution in [0.25, 0.3) is 0 Å². The van der Waals surface area contributed by atoms with Crippen molar-refractivity contribution in [2.45, 2.75) is 38.3 Å². The minimum atomic E-state index is 0.460. The number of rotatable bonds is 5. The Hall–Kier alpha value is -0.540. The molecule has 1 N–H and O–H groups in total. The number of hydrogen-bond donors (Lipinski definition) is 1. The fraction of sp³-hybridized carbons (Fsp3) is 0.412. The Labute approximate surface area is 140 Å². The Morgan fingerprint density at radius 2 is 1.95 bits per heavy atom. The summed E-state index contributed by atoms with van der Waals surface area (Å²) < 4.78 is 0. The molecule has 4 heteroatoms. The van der Waals surface area contributed by atoms with Crippen molar-refractivity contribution in [3.8, 4) is 0 Å². The molecule has 1 saturated carbocycles. The number of halogens is 2. The fourth-order valence-corrected chi connectivity index (χ4v) is 4.35. The highest BCUT2D eigenvalue weighted by Crippen LogP contribution is 2.37. The molecule has 0 aliphatic heterocycles. The minimum absolute atomic E-state index is 0.460. The van der Waals surface area contributed by atoms with Gasteiger partial charge in [0.1, 0.15) is 0 Å². The second-order valence-corrected chi connectivity index (χ2v) is 7.46. The van der Waals surface area contributed by atoms with Crippen molar-refractivity contribution in [2.75, 3.05) is 0 Å². The summed E-state index contributed by atoms with van der Waals surface area (Å²) in [5, 5.41) is 7.15. The largest absolute Gasteiger partial charge is 0.305 e. The van der Waals surface area contributed by atoms with Crippen LogP contribution in [0.5, 0.6) is 0 Å². The van der Waals surface area contributed by atoms with Crippen molar-refractivity contribution in [2.24, 2.45) is 5.92 Å². The van der Waals surface area contributed by atoms with Crippen molar-refractivity contribution < 1.29 is 0 Å². The van der Waals surface area contributed by atoms with Gasteiger partial charge >= 0.3 is 0 Å². The molecule has 1 nitrogen and oxygen atoms in total. The molecule has 1 aliphatic carbocycles. The summed E-state index contributed by atoms with van der Waals surface area (Å²) in [5.41, 5.74) is 1.18. The van der Waals surface area contributed by atoms with Crippen LogP contribution in [-0.4, -0.2) is 0 Å². The number of benzene rings is 1. The molecule has 1 aromatic carbocycles. The van der Waals surface area contributed by atoms with Crippen LogP contribution in [-0.2, 0) is 6.54 Å². The highest BCUT2D eigenvalue weighted by atomic mass is 35.5. The summed E-state index contributed by atoms with van der Waals surface area (Å²) in [6.45, 7) is 0.829. The van der Waals surface area contributed by atoms with E-state index in [0.717, 1.165) is 12.5 Å². The summed E-state index contributed by atoms with van der Waals surface area (Å²) in [6, 6.07) is 10.7. The second kappa shape index (κ2) is 7.15. The molecule has 2 aromatic rings. The van der Waals surface area contributed by atoms with Gasteiger partial charge in [-0.1, -0.05) is 48.2 Å². The molecule has 0 amide bonds. The molecule has 3 rings (SSSR count). The molecule has 1 unspecified atom stereocenters. The van der Waals surface area contributed by atoms with Crippen molar-refractivity contribution in [1.29, 1.82) is 0 Å². The zero-order valence-electron chi connectivity index (χ0n) is 11.8. The van der Waals surface area contributed by atoms with E-state index in [9.17, 15) is 0 Å². The first-order valence-electron chi connectivity index (χ1n) is 7.45. The van der Waals surface area contributed by atoms with Crippen molar-refractivity contribution in [3.63, 3.8) is 0 Å². The van der Waals surface area contributed by atoms with Gasteiger partial charge in [-0.2, -0.15) is 0 Å². The maximum atomic E-state index is 6.10. The molecule has 0 radical (unpaired) electrons. The lowest BCUT2D eigenvalue weighted by molar-refractivity contribution is 0.371. The zero-order chi connectivity index (χ0) is 14.7. The third-order valence-corrected chi connectivity index (χ3v) is 5.93. The van der Waals surface area contributed by atoms with E-state index >= 15 is 0 Å². The summed E-state index contributed by atoms with van der Waals surface area (Å²) in [6.07, 6.45) is 5.38. The van der Waals surface area contributed by atoms with Crippen molar-refractivity contribution >= 4 is 34.5 Å². The minimum Gasteiger partial charge on any atom is -0.305 e. The molecule has 1 fully saturated rings. The maximum absolute atomic E-state index is 6.10. The van der Waals surface area contributed by atoms with Crippen LogP contribution in [0.3, 0.4) is 0 Å². The molecule has 0 bridgehead atoms. The molecular weight excluding hydrogens is 321 g/mol. The van der Waals surface area contributed by atoms with E-state index in [1.807, 2.05) is 29.5 Å². The van der Waals surface area contributed by atoms with Gasteiger partial charge in [-0.15, -0.1) is 11.3 Å². The Morgan fingerprint density at radius 1 is 1.14 bits per heavy atom. The van der Waals surface area contributed by atoms with E-state index in [1.54, 1.807) is 0 Å². The summed E-state index contributed by atoms with van der Waals surface area (Å²) in [4.78, 5) is 1.45. The lowest BCUT2D eigenvalue weighted by Crippen LogP contribution is -2.26. The van der Waals surface area contributed by atoms with E-state index in [-0.39, 0.29) is 0 Å². The van der Waals surface area contributed by atoms with Gasteiger partial charge in [0.05, 0.1) is 10.0 Å². The summed E-state index contributed by atoms with van der Waals surface area (Å²) in [7, 11) is 0. The summed E-state index contributed by atoms with van der Waals surface area (Å²) >= 11 is 13.9. The first-order chi connectivity index (χ1) is 10.2. The van der Waals surface area contributed by atoms with Gasteiger partial charge in [0.15, 0.2) is 0 Å². The van der Waals surface area contributed by atoms with Gasteiger partial charge in [-0.05, 0) is 47.9 Å². The van der Waals surface area contributed by atoms with Crippen LogP contribution in [0.15, 0.2) is 35.7 Å². The predicted octanol–water partition coefficient (Wildman–Crippen LogP) is 6.08. The molecule has 112 valence electrons. The van der Waals surface area contributed by atoms with E-state index in [0.29, 0.717) is 16.1 Å². The smallest absolute Gasteiger partial charge is 0.0595 e. The van der Waals surface area contributed by atoms with Crippen LogP contribution < -0.4 is 5.32 Å². The summed E-state index contributed by atoms with van der Waals surface area (Å²) in [5.74, 6) is 0.756. The molecule has 1 atom stereocenters. The SMILES string of the molecule is Clc1ccc(CNC(c2cccs2)C2CCCC2)cc1Cl. The first kappa shape index (κ1) is 15.4. The van der Waals surface area contributed by atoms with Gasteiger partial charge in [-0.3, -0.25) is 0 Å². The normalized spacial score (nSPS) is 17.2. The number of hydrogen-bond acceptors (Lipinski definition) is 2. The third kappa shape index (κ3) is 3.81. The number of thiophene rings is 1. The Bertz CT molecular complexity index is 576. The maximum Gasteiger partial charge on any atom is 0.0595 e. The molecule has 1 aromatic heterocycles. The standard InChI is InChI=1S/C17H19Cl2NS/c18-14-8-7-12(10-15(14)19)11-20-17(13-4-1-2-5-13)16-6-3-9-21-16/h3,6-10,13,17,20H,1-2,4-5,11H2. The average molecular weight is 340 g/mol. The predicted molar refractivity (Wildman–Crippen MR) is 92.3 cm³/mol. The third-order valence-electron chi connectivity index (χ3n) is 4.23. The van der Waals surface area contributed by atoms with Gasteiger partial charge in [0, 0.05) is 17.5 Å². The molecule has 1 aliphatic rings. The Kier molecular flexibility index (Phi) is 5.23. The van der Waals surface area contributed by atoms with Gasteiger partial charge < -0.3 is 5.32 Å². The second-order valence-electron chi connectivity index (χ2n) is 5.67.